The molecule has 188 valence electrons. The van der Waals surface area contributed by atoms with Crippen molar-refractivity contribution in [1.29, 1.82) is 0 Å². The van der Waals surface area contributed by atoms with E-state index in [2.05, 4.69) is 11.5 Å². The first-order valence-electron chi connectivity index (χ1n) is 13.1. The number of carbonyl (C=O) groups is 1. The fourth-order valence-electron chi connectivity index (χ4n) is 6.13. The van der Waals surface area contributed by atoms with Gasteiger partial charge in [-0.2, -0.15) is 0 Å². The summed E-state index contributed by atoms with van der Waals surface area (Å²) in [6, 6.07) is 20.8. The molecule has 0 aliphatic carbocycles. The van der Waals surface area contributed by atoms with Gasteiger partial charge in [0.15, 0.2) is 0 Å². The van der Waals surface area contributed by atoms with Crippen molar-refractivity contribution in [2.45, 2.75) is 31.3 Å². The Morgan fingerprint density at radius 3 is 2.50 bits per heavy atom. The normalized spacial score (nSPS) is 22.1. The topological polar surface area (TPSA) is 43.8 Å². The molecular weight excluding hydrogens is 451 g/mol. The van der Waals surface area contributed by atoms with E-state index in [4.69, 9.17) is 0 Å². The van der Waals surface area contributed by atoms with Crippen molar-refractivity contribution in [2.75, 3.05) is 32.7 Å². The summed E-state index contributed by atoms with van der Waals surface area (Å²) in [5, 5.41) is 13.0. The van der Waals surface area contributed by atoms with Crippen molar-refractivity contribution in [3.63, 3.8) is 0 Å². The molecule has 2 heterocycles. The Morgan fingerprint density at radius 1 is 1.03 bits per heavy atom. The van der Waals surface area contributed by atoms with E-state index < -0.39 is 6.10 Å². The lowest BCUT2D eigenvalue weighted by Crippen LogP contribution is -2.40. The maximum absolute atomic E-state index is 13.6. The smallest absolute Gasteiger partial charge is 0.254 e. The zero-order valence-electron chi connectivity index (χ0n) is 20.7. The minimum absolute atomic E-state index is 0.0248. The number of amides is 1. The van der Waals surface area contributed by atoms with Crippen molar-refractivity contribution in [2.24, 2.45) is 11.8 Å². The molecule has 0 bridgehead atoms. The number of fused-ring (bicyclic) bond motifs is 1. The van der Waals surface area contributed by atoms with Crippen LogP contribution in [0.2, 0.25) is 0 Å². The van der Waals surface area contributed by atoms with Crippen LogP contribution in [-0.4, -0.2) is 59.6 Å². The van der Waals surface area contributed by atoms with Gasteiger partial charge in [0.05, 0.1) is 6.10 Å². The number of likely N-dealkylation sites (tertiary alicyclic amines) is 2. The van der Waals surface area contributed by atoms with E-state index in [1.807, 2.05) is 59.5 Å². The third-order valence-corrected chi connectivity index (χ3v) is 8.12. The Balaban J connectivity index is 1.27. The molecule has 1 amide bonds. The highest BCUT2D eigenvalue weighted by molar-refractivity contribution is 6.07. The number of hydrogen-bond acceptors (Lipinski definition) is 3. The lowest BCUT2D eigenvalue weighted by Gasteiger charge is -2.35. The Labute approximate surface area is 213 Å². The van der Waals surface area contributed by atoms with Gasteiger partial charge in [0.2, 0.25) is 0 Å². The monoisotopic (exact) mass is 486 g/mol. The zero-order chi connectivity index (χ0) is 25.1. The SMILES string of the molecule is C=CC[C@@H](O)C1CN(C(=O)c2cccc3ccccc23)C[C@H]1CN1CCC(c2ccc(F)cc2)CC1. The van der Waals surface area contributed by atoms with Crippen molar-refractivity contribution < 1.29 is 14.3 Å². The van der Waals surface area contributed by atoms with Gasteiger partial charge in [0, 0.05) is 31.1 Å². The third-order valence-electron chi connectivity index (χ3n) is 8.12. The number of benzene rings is 3. The highest BCUT2D eigenvalue weighted by Crippen LogP contribution is 2.34. The standard InChI is InChI=1S/C31H35FN2O2/c1-2-6-30(35)29-21-34(31(36)28-10-5-8-24-7-3-4-9-27(24)28)20-25(29)19-33-17-15-23(16-18-33)22-11-13-26(32)14-12-22/h2-5,7-14,23,25,29-30,35H,1,6,15-21H2/t25-,29?,30-/m1/s1. The molecule has 1 unspecified atom stereocenters. The van der Waals surface area contributed by atoms with E-state index in [1.165, 1.54) is 5.56 Å². The summed E-state index contributed by atoms with van der Waals surface area (Å²) in [5.41, 5.74) is 1.94. The molecule has 3 aromatic carbocycles. The number of nitrogens with zero attached hydrogens (tertiary/aromatic N) is 2. The molecule has 0 radical (unpaired) electrons. The second-order valence-electron chi connectivity index (χ2n) is 10.4. The van der Waals surface area contributed by atoms with Crippen molar-refractivity contribution in [1.82, 2.24) is 9.80 Å². The average Bonchev–Trinajstić information content (AvgIpc) is 3.33. The van der Waals surface area contributed by atoms with Gasteiger partial charge in [-0.05, 0) is 78.7 Å². The summed E-state index contributed by atoms with van der Waals surface area (Å²) < 4.78 is 13.3. The molecule has 0 spiro atoms. The van der Waals surface area contributed by atoms with Crippen LogP contribution < -0.4 is 0 Å². The second-order valence-corrected chi connectivity index (χ2v) is 10.4. The number of aliphatic hydroxyl groups excluding tert-OH is 1. The summed E-state index contributed by atoms with van der Waals surface area (Å²) in [6.45, 7) is 7.85. The molecule has 5 heteroatoms. The zero-order valence-corrected chi connectivity index (χ0v) is 20.7. The van der Waals surface area contributed by atoms with Crippen LogP contribution in [0.15, 0.2) is 79.4 Å². The molecular formula is C31H35FN2O2. The largest absolute Gasteiger partial charge is 0.392 e. The molecule has 36 heavy (non-hydrogen) atoms. The van der Waals surface area contributed by atoms with Gasteiger partial charge in [0.25, 0.3) is 5.91 Å². The van der Waals surface area contributed by atoms with Gasteiger partial charge in [-0.1, -0.05) is 54.6 Å². The molecule has 3 aromatic rings. The Hall–Kier alpha value is -3.02. The van der Waals surface area contributed by atoms with E-state index in [9.17, 15) is 14.3 Å². The molecule has 5 rings (SSSR count). The molecule has 2 saturated heterocycles. The lowest BCUT2D eigenvalue weighted by atomic mass is 9.86. The van der Waals surface area contributed by atoms with Crippen LogP contribution in [-0.2, 0) is 0 Å². The van der Waals surface area contributed by atoms with Crippen LogP contribution in [0, 0.1) is 17.7 Å². The van der Waals surface area contributed by atoms with Crippen LogP contribution in [0.5, 0.6) is 0 Å². The van der Waals surface area contributed by atoms with Crippen LogP contribution in [0.25, 0.3) is 10.8 Å². The van der Waals surface area contributed by atoms with Gasteiger partial charge in [-0.15, -0.1) is 6.58 Å². The second kappa shape index (κ2) is 10.9. The average molecular weight is 487 g/mol. The minimum Gasteiger partial charge on any atom is -0.392 e. The molecule has 0 saturated carbocycles. The molecule has 3 atom stereocenters. The maximum Gasteiger partial charge on any atom is 0.254 e. The molecule has 2 aliphatic rings. The Bertz CT molecular complexity index is 1200. The fourth-order valence-corrected chi connectivity index (χ4v) is 6.13. The molecule has 2 fully saturated rings. The fraction of sp³-hybridized carbons (Fsp3) is 0.387. The summed E-state index contributed by atoms with van der Waals surface area (Å²) in [5.74, 6) is 0.541. The Kier molecular flexibility index (Phi) is 7.49. The summed E-state index contributed by atoms with van der Waals surface area (Å²) >= 11 is 0. The number of piperidine rings is 1. The molecule has 4 nitrogen and oxygen atoms in total. The van der Waals surface area contributed by atoms with Crippen LogP contribution in [0.3, 0.4) is 0 Å². The van der Waals surface area contributed by atoms with E-state index >= 15 is 0 Å². The number of halogens is 1. The number of hydrogen-bond donors (Lipinski definition) is 1. The van der Waals surface area contributed by atoms with E-state index in [0.717, 1.165) is 48.8 Å². The minimum atomic E-state index is -0.505. The lowest BCUT2D eigenvalue weighted by molar-refractivity contribution is 0.0718. The summed E-state index contributed by atoms with van der Waals surface area (Å²) in [6.07, 6.45) is 3.87. The van der Waals surface area contributed by atoms with Crippen LogP contribution >= 0.6 is 0 Å². The molecule has 2 aliphatic heterocycles. The van der Waals surface area contributed by atoms with Gasteiger partial charge in [-0.25, -0.2) is 4.39 Å². The van der Waals surface area contributed by atoms with Crippen molar-refractivity contribution in [3.8, 4) is 0 Å². The predicted octanol–water partition coefficient (Wildman–Crippen LogP) is 5.48. The third kappa shape index (κ3) is 5.23. The van der Waals surface area contributed by atoms with E-state index in [-0.39, 0.29) is 23.6 Å². The van der Waals surface area contributed by atoms with Gasteiger partial charge < -0.3 is 14.9 Å². The summed E-state index contributed by atoms with van der Waals surface area (Å²) in [7, 11) is 0. The van der Waals surface area contributed by atoms with Crippen LogP contribution in [0.1, 0.15) is 41.1 Å². The predicted molar refractivity (Wildman–Crippen MR) is 142 cm³/mol. The first kappa shape index (κ1) is 24.7. The Morgan fingerprint density at radius 2 is 1.75 bits per heavy atom. The first-order chi connectivity index (χ1) is 17.5. The molecule has 0 aromatic heterocycles. The van der Waals surface area contributed by atoms with E-state index in [0.29, 0.717) is 25.4 Å². The quantitative estimate of drug-likeness (QED) is 0.450. The molecule has 1 N–H and O–H groups in total. The highest BCUT2D eigenvalue weighted by atomic mass is 19.1. The van der Waals surface area contributed by atoms with Crippen molar-refractivity contribution in [3.05, 3.63) is 96.3 Å². The maximum atomic E-state index is 13.6. The van der Waals surface area contributed by atoms with Crippen molar-refractivity contribution >= 4 is 16.7 Å². The number of aliphatic hydroxyl groups is 1. The highest BCUT2D eigenvalue weighted by Gasteiger charge is 2.40. The van der Waals surface area contributed by atoms with Gasteiger partial charge in [-0.3, -0.25) is 4.79 Å². The van der Waals surface area contributed by atoms with Gasteiger partial charge >= 0.3 is 0 Å². The number of carbonyl (C=O) groups excluding carboxylic acids is 1. The number of rotatable bonds is 7. The van der Waals surface area contributed by atoms with Gasteiger partial charge in [0.1, 0.15) is 5.82 Å². The van der Waals surface area contributed by atoms with Crippen LogP contribution in [0.4, 0.5) is 4.39 Å². The first-order valence-corrected chi connectivity index (χ1v) is 13.1. The van der Waals surface area contributed by atoms with E-state index in [1.54, 1.807) is 18.2 Å². The summed E-state index contributed by atoms with van der Waals surface area (Å²) in [4.78, 5) is 18.0.